The van der Waals surface area contributed by atoms with E-state index in [-0.39, 0.29) is 27.3 Å². The molecule has 0 bridgehead atoms. The average Bonchev–Trinajstić information content (AvgIpc) is 2.98. The number of carbonyl (C=O) groups excluding carboxylic acids is 2. The number of thiophene rings is 1. The summed E-state index contributed by atoms with van der Waals surface area (Å²) in [6.07, 6.45) is 0. The Bertz CT molecular complexity index is 1020. The number of ether oxygens (including phenoxy) is 2. The first-order chi connectivity index (χ1) is 12.6. The van der Waals surface area contributed by atoms with Crippen molar-refractivity contribution in [1.29, 1.82) is 0 Å². The molecular weight excluding hydrogens is 398 g/mol. The summed E-state index contributed by atoms with van der Waals surface area (Å²) in [4.78, 5) is 35.2. The topological polar surface area (TPSA) is 136 Å². The van der Waals surface area contributed by atoms with Crippen molar-refractivity contribution in [2.75, 3.05) is 18.9 Å². The normalized spacial score (nSPS) is 10.9. The minimum absolute atomic E-state index is 0.0789. The molecule has 144 valence electrons. The van der Waals surface area contributed by atoms with E-state index in [2.05, 4.69) is 14.2 Å². The first kappa shape index (κ1) is 20.4. The summed E-state index contributed by atoms with van der Waals surface area (Å²) in [6.45, 7) is 1.39. The van der Waals surface area contributed by atoms with E-state index in [1.807, 2.05) is 0 Å². The van der Waals surface area contributed by atoms with Crippen LogP contribution in [0.5, 0.6) is 0 Å². The summed E-state index contributed by atoms with van der Waals surface area (Å²) in [5.41, 5.74) is -0.692. The summed E-state index contributed by atoms with van der Waals surface area (Å²) >= 11 is 0.530. The van der Waals surface area contributed by atoms with Crippen molar-refractivity contribution in [2.24, 2.45) is 0 Å². The molecule has 0 radical (unpaired) electrons. The van der Waals surface area contributed by atoms with Crippen molar-refractivity contribution in [3.8, 4) is 0 Å². The number of anilines is 1. The van der Waals surface area contributed by atoms with Gasteiger partial charge in [0, 0.05) is 0 Å². The van der Waals surface area contributed by atoms with E-state index in [1.54, 1.807) is 0 Å². The number of carboxylic acids is 1. The second-order valence-corrected chi connectivity index (χ2v) is 8.06. The molecule has 2 aromatic rings. The lowest BCUT2D eigenvalue weighted by atomic mass is 10.2. The molecule has 0 fully saturated rings. The van der Waals surface area contributed by atoms with Crippen molar-refractivity contribution in [3.05, 3.63) is 45.8 Å². The van der Waals surface area contributed by atoms with Gasteiger partial charge in [0.1, 0.15) is 4.88 Å². The molecule has 2 rings (SSSR count). The number of para-hydroxylation sites is 1. The Morgan fingerprint density at radius 2 is 1.67 bits per heavy atom. The van der Waals surface area contributed by atoms with E-state index in [9.17, 15) is 27.9 Å². The first-order valence-electron chi connectivity index (χ1n) is 7.29. The van der Waals surface area contributed by atoms with E-state index in [1.165, 1.54) is 31.2 Å². The summed E-state index contributed by atoms with van der Waals surface area (Å²) in [5, 5.41) is 9.20. The van der Waals surface area contributed by atoms with Crippen LogP contribution >= 0.6 is 11.3 Å². The van der Waals surface area contributed by atoms with Crippen LogP contribution < -0.4 is 4.72 Å². The van der Waals surface area contributed by atoms with E-state index in [0.29, 0.717) is 11.3 Å². The molecule has 0 saturated carbocycles. The molecule has 0 aliphatic heterocycles. The van der Waals surface area contributed by atoms with Gasteiger partial charge in [-0.3, -0.25) is 4.72 Å². The monoisotopic (exact) mass is 413 g/mol. The van der Waals surface area contributed by atoms with Gasteiger partial charge >= 0.3 is 17.9 Å². The summed E-state index contributed by atoms with van der Waals surface area (Å²) in [6, 6.07) is 5.37. The molecule has 0 aliphatic rings. The molecule has 0 spiro atoms. The van der Waals surface area contributed by atoms with Crippen LogP contribution in [0.25, 0.3) is 0 Å². The maximum Gasteiger partial charge on any atom is 0.348 e. The molecule has 0 saturated heterocycles. The van der Waals surface area contributed by atoms with E-state index >= 15 is 0 Å². The molecule has 1 aromatic heterocycles. The molecule has 9 nitrogen and oxygen atoms in total. The number of esters is 2. The molecular formula is C16H15NO8S2. The predicted octanol–water partition coefficient (Wildman–Crippen LogP) is 2.13. The van der Waals surface area contributed by atoms with Crippen molar-refractivity contribution < 1.29 is 37.4 Å². The SMILES string of the molecule is COC(=O)c1sc(S(=O)(=O)Nc2ccccc2C(=O)O)c(C(=O)OC)c1C. The number of sulfonamides is 1. The number of carboxylic acid groups (broad SMARTS) is 1. The van der Waals surface area contributed by atoms with Crippen molar-refractivity contribution in [3.63, 3.8) is 0 Å². The van der Waals surface area contributed by atoms with Crippen LogP contribution in [0.2, 0.25) is 0 Å². The lowest BCUT2D eigenvalue weighted by Gasteiger charge is -2.10. The maximum absolute atomic E-state index is 12.8. The van der Waals surface area contributed by atoms with Gasteiger partial charge in [0.2, 0.25) is 0 Å². The average molecular weight is 413 g/mol. The zero-order chi connectivity index (χ0) is 20.4. The van der Waals surface area contributed by atoms with E-state index < -0.39 is 32.1 Å². The number of aromatic carboxylic acids is 1. The Kier molecular flexibility index (Phi) is 5.86. The summed E-state index contributed by atoms with van der Waals surface area (Å²) < 4.78 is 36.6. The van der Waals surface area contributed by atoms with Gasteiger partial charge in [-0.1, -0.05) is 12.1 Å². The van der Waals surface area contributed by atoms with Gasteiger partial charge in [-0.25, -0.2) is 22.8 Å². The molecule has 11 heteroatoms. The number of rotatable bonds is 6. The van der Waals surface area contributed by atoms with Crippen LogP contribution in [0.1, 0.15) is 36.0 Å². The quantitative estimate of drug-likeness (QED) is 0.687. The Hall–Kier alpha value is -2.92. The highest BCUT2D eigenvalue weighted by Gasteiger charge is 2.33. The Morgan fingerprint density at radius 3 is 2.22 bits per heavy atom. The third kappa shape index (κ3) is 3.93. The first-order valence-corrected chi connectivity index (χ1v) is 9.59. The third-order valence-electron chi connectivity index (χ3n) is 3.52. The van der Waals surface area contributed by atoms with Gasteiger partial charge in [-0.05, 0) is 24.6 Å². The molecule has 27 heavy (non-hydrogen) atoms. The Morgan fingerprint density at radius 1 is 1.07 bits per heavy atom. The second-order valence-electron chi connectivity index (χ2n) is 5.16. The largest absolute Gasteiger partial charge is 0.478 e. The highest BCUT2D eigenvalue weighted by molar-refractivity contribution is 7.94. The van der Waals surface area contributed by atoms with E-state index in [4.69, 9.17) is 0 Å². The fraction of sp³-hybridized carbons (Fsp3) is 0.188. The second kappa shape index (κ2) is 7.76. The lowest BCUT2D eigenvalue weighted by molar-refractivity contribution is 0.0595. The number of hydrogen-bond donors (Lipinski definition) is 2. The van der Waals surface area contributed by atoms with Gasteiger partial charge in [0.05, 0.1) is 31.0 Å². The smallest absolute Gasteiger partial charge is 0.348 e. The molecule has 2 N–H and O–H groups in total. The summed E-state index contributed by atoms with van der Waals surface area (Å²) in [7, 11) is -2.21. The van der Waals surface area contributed by atoms with E-state index in [0.717, 1.165) is 14.2 Å². The Balaban J connectivity index is 2.64. The third-order valence-corrected chi connectivity index (χ3v) is 6.68. The van der Waals surface area contributed by atoms with Crippen LogP contribution in [0.4, 0.5) is 5.69 Å². The number of benzene rings is 1. The molecule has 1 heterocycles. The predicted molar refractivity (Wildman–Crippen MR) is 95.9 cm³/mol. The van der Waals surface area contributed by atoms with Crippen molar-refractivity contribution in [1.82, 2.24) is 0 Å². The number of methoxy groups -OCH3 is 2. The van der Waals surface area contributed by atoms with Crippen LogP contribution in [0.15, 0.2) is 28.5 Å². The Labute approximate surface area is 158 Å². The van der Waals surface area contributed by atoms with Gasteiger partial charge in [0.15, 0.2) is 4.21 Å². The maximum atomic E-state index is 12.8. The highest BCUT2D eigenvalue weighted by Crippen LogP contribution is 2.34. The van der Waals surface area contributed by atoms with Gasteiger partial charge in [-0.15, -0.1) is 11.3 Å². The van der Waals surface area contributed by atoms with Gasteiger partial charge in [0.25, 0.3) is 10.0 Å². The number of carbonyl (C=O) groups is 3. The fourth-order valence-corrected chi connectivity index (χ4v) is 5.08. The number of nitrogens with one attached hydrogen (secondary N) is 1. The molecule has 0 amide bonds. The minimum atomic E-state index is -4.40. The molecule has 0 unspecified atom stereocenters. The highest BCUT2D eigenvalue weighted by atomic mass is 32.2. The minimum Gasteiger partial charge on any atom is -0.478 e. The van der Waals surface area contributed by atoms with Gasteiger partial charge in [-0.2, -0.15) is 0 Å². The van der Waals surface area contributed by atoms with Crippen LogP contribution in [-0.2, 0) is 19.5 Å². The summed E-state index contributed by atoms with van der Waals surface area (Å²) in [5.74, 6) is -3.10. The molecule has 1 aromatic carbocycles. The number of hydrogen-bond acceptors (Lipinski definition) is 8. The zero-order valence-electron chi connectivity index (χ0n) is 14.4. The molecule has 0 atom stereocenters. The van der Waals surface area contributed by atoms with Crippen molar-refractivity contribution in [2.45, 2.75) is 11.1 Å². The van der Waals surface area contributed by atoms with Crippen LogP contribution in [-0.4, -0.2) is 45.7 Å². The molecule has 0 aliphatic carbocycles. The fourth-order valence-electron chi connectivity index (χ4n) is 2.25. The van der Waals surface area contributed by atoms with Crippen molar-refractivity contribution >= 4 is 45.0 Å². The van der Waals surface area contributed by atoms with Crippen LogP contribution in [0, 0.1) is 6.92 Å². The van der Waals surface area contributed by atoms with Crippen LogP contribution in [0.3, 0.4) is 0 Å². The standard InChI is InChI=1S/C16H15NO8S2/c1-8-11(14(20)24-2)16(26-12(8)15(21)25-3)27(22,23)17-10-7-5-4-6-9(10)13(18)19/h4-7,17H,1-3H3,(H,18,19). The lowest BCUT2D eigenvalue weighted by Crippen LogP contribution is -2.17. The van der Waals surface area contributed by atoms with Gasteiger partial charge < -0.3 is 14.6 Å². The zero-order valence-corrected chi connectivity index (χ0v) is 16.1.